The molecule has 5 rings (SSSR count). The van der Waals surface area contributed by atoms with E-state index in [0.717, 1.165) is 0 Å². The summed E-state index contributed by atoms with van der Waals surface area (Å²) in [6, 6.07) is 9.56. The van der Waals surface area contributed by atoms with Gasteiger partial charge >= 0.3 is 0 Å². The number of halogens is 1. The summed E-state index contributed by atoms with van der Waals surface area (Å²) in [7, 11) is 1.62. The van der Waals surface area contributed by atoms with Crippen molar-refractivity contribution in [2.24, 2.45) is 7.05 Å². The molecule has 39 heavy (non-hydrogen) atoms. The summed E-state index contributed by atoms with van der Waals surface area (Å²) in [5.74, 6) is 0.135. The van der Waals surface area contributed by atoms with Crippen molar-refractivity contribution in [3.8, 4) is 22.6 Å². The number of hydrogen-bond acceptors (Lipinski definition) is 5. The van der Waals surface area contributed by atoms with Crippen molar-refractivity contribution in [2.75, 3.05) is 6.54 Å². The lowest BCUT2D eigenvalue weighted by atomic mass is 9.93. The number of amides is 1. The minimum Gasteiger partial charge on any atom is -0.456 e. The summed E-state index contributed by atoms with van der Waals surface area (Å²) >= 11 is 0. The normalized spacial score (nSPS) is 14.5. The fourth-order valence-corrected chi connectivity index (χ4v) is 4.71. The molecule has 0 spiro atoms. The summed E-state index contributed by atoms with van der Waals surface area (Å²) < 4.78 is 21.7. The quantitative estimate of drug-likeness (QED) is 0.278. The maximum Gasteiger partial charge on any atom is 0.267 e. The van der Waals surface area contributed by atoms with Crippen LogP contribution in [0.3, 0.4) is 0 Å². The molecule has 8 nitrogen and oxygen atoms in total. The molecule has 0 bridgehead atoms. The number of nitrogens with one attached hydrogen (secondary N) is 2. The second-order valence-electron chi connectivity index (χ2n) is 11.1. The lowest BCUT2D eigenvalue weighted by Crippen LogP contribution is -2.33. The average Bonchev–Trinajstić information content (AvgIpc) is 3.42. The molecule has 204 valence electrons. The van der Waals surface area contributed by atoms with E-state index in [1.54, 1.807) is 59.1 Å². The molecule has 1 saturated carbocycles. The fraction of sp³-hybridized carbons (Fsp3) is 0.333. The molecule has 9 heteroatoms. The highest BCUT2D eigenvalue weighted by Gasteiger charge is 2.40. The van der Waals surface area contributed by atoms with Crippen LogP contribution >= 0.6 is 0 Å². The van der Waals surface area contributed by atoms with Crippen LogP contribution in [0.1, 0.15) is 53.9 Å². The molecule has 0 atom stereocenters. The molecule has 0 aliphatic heterocycles. The van der Waals surface area contributed by atoms with Crippen molar-refractivity contribution >= 4 is 16.8 Å². The first-order valence-corrected chi connectivity index (χ1v) is 12.8. The second-order valence-corrected chi connectivity index (χ2v) is 11.1. The molecule has 2 aromatic carbocycles. The topological polar surface area (TPSA) is 117 Å². The van der Waals surface area contributed by atoms with Crippen LogP contribution in [0.5, 0.6) is 11.5 Å². The van der Waals surface area contributed by atoms with E-state index in [4.69, 9.17) is 4.74 Å². The van der Waals surface area contributed by atoms with Crippen LogP contribution in [0.4, 0.5) is 4.39 Å². The van der Waals surface area contributed by atoms with E-state index in [0.29, 0.717) is 63.1 Å². The molecule has 2 aromatic heterocycles. The van der Waals surface area contributed by atoms with Crippen LogP contribution < -0.4 is 15.6 Å². The SMILES string of the molecule is Cc1cc(F)cc(C)c1Oc1ccc(C(C)(C)O)cc1-c1cn(C)c(=O)c2cc(C(=O)NCC3(O)CC3)[nH]c12. The standard InChI is InChI=1S/C30H32FN3O5/c1-16-10-19(31)11-17(2)26(16)39-24-7-6-18(29(3,4)37)12-20(24)22-14-34(5)28(36)21-13-23(33-25(21)22)27(35)32-15-30(38)8-9-30/h6-7,10-14,33,37-38H,8-9,15H2,1-5H3,(H,32,35). The number of hydrogen-bond donors (Lipinski definition) is 4. The molecule has 4 N–H and O–H groups in total. The minimum atomic E-state index is -1.17. The third kappa shape index (κ3) is 5.20. The van der Waals surface area contributed by atoms with Crippen LogP contribution in [0, 0.1) is 19.7 Å². The number of aliphatic hydroxyl groups is 2. The summed E-state index contributed by atoms with van der Waals surface area (Å²) in [6.07, 6.45) is 2.92. The number of aromatic amines is 1. The van der Waals surface area contributed by atoms with Gasteiger partial charge in [-0.1, -0.05) is 6.07 Å². The number of ether oxygens (including phenoxy) is 1. The molecule has 1 fully saturated rings. The summed E-state index contributed by atoms with van der Waals surface area (Å²) in [4.78, 5) is 29.0. The number of carbonyl (C=O) groups excluding carboxylic acids is 1. The Kier molecular flexibility index (Phi) is 6.39. The van der Waals surface area contributed by atoms with E-state index in [9.17, 15) is 24.2 Å². The third-order valence-electron chi connectivity index (χ3n) is 7.22. The number of nitrogens with zero attached hydrogens (tertiary/aromatic N) is 1. The Labute approximate surface area is 225 Å². The van der Waals surface area contributed by atoms with Gasteiger partial charge in [0.1, 0.15) is 23.0 Å². The van der Waals surface area contributed by atoms with Gasteiger partial charge in [-0.2, -0.15) is 0 Å². The van der Waals surface area contributed by atoms with Gasteiger partial charge in [-0.05, 0) is 87.6 Å². The molecule has 1 aliphatic carbocycles. The van der Waals surface area contributed by atoms with Gasteiger partial charge in [-0.3, -0.25) is 9.59 Å². The zero-order valence-corrected chi connectivity index (χ0v) is 22.6. The summed E-state index contributed by atoms with van der Waals surface area (Å²) in [6.45, 7) is 6.99. The predicted octanol–water partition coefficient (Wildman–Crippen LogP) is 4.56. The summed E-state index contributed by atoms with van der Waals surface area (Å²) in [5.41, 5.74) is 1.28. The van der Waals surface area contributed by atoms with Gasteiger partial charge in [0.15, 0.2) is 0 Å². The number of fused-ring (bicyclic) bond motifs is 1. The maximum absolute atomic E-state index is 14.0. The molecule has 1 amide bonds. The van der Waals surface area contributed by atoms with Crippen LogP contribution in [0.25, 0.3) is 22.0 Å². The Hall–Kier alpha value is -3.95. The monoisotopic (exact) mass is 533 g/mol. The highest BCUT2D eigenvalue weighted by atomic mass is 19.1. The van der Waals surface area contributed by atoms with E-state index in [-0.39, 0.29) is 23.6 Å². The van der Waals surface area contributed by atoms with E-state index in [1.165, 1.54) is 22.8 Å². The first-order valence-electron chi connectivity index (χ1n) is 12.8. The van der Waals surface area contributed by atoms with Crippen LogP contribution in [0.2, 0.25) is 0 Å². The number of aromatic nitrogens is 2. The zero-order chi connectivity index (χ0) is 28.3. The van der Waals surface area contributed by atoms with Crippen LogP contribution in [-0.2, 0) is 12.6 Å². The molecule has 0 unspecified atom stereocenters. The van der Waals surface area contributed by atoms with Gasteiger partial charge in [0, 0.05) is 30.9 Å². The summed E-state index contributed by atoms with van der Waals surface area (Å²) in [5, 5.41) is 23.9. The maximum atomic E-state index is 14.0. The van der Waals surface area contributed by atoms with Gasteiger partial charge in [0.2, 0.25) is 0 Å². The second kappa shape index (κ2) is 9.36. The first-order chi connectivity index (χ1) is 18.3. The zero-order valence-electron chi connectivity index (χ0n) is 22.6. The van der Waals surface area contributed by atoms with Crippen molar-refractivity contribution < 1.29 is 24.1 Å². The molecular formula is C30H32FN3O5. The molecule has 1 aliphatic rings. The van der Waals surface area contributed by atoms with E-state index in [2.05, 4.69) is 10.3 Å². The Morgan fingerprint density at radius 3 is 2.44 bits per heavy atom. The Bertz CT molecular complexity index is 1650. The van der Waals surface area contributed by atoms with Crippen LogP contribution in [0.15, 0.2) is 47.4 Å². The highest BCUT2D eigenvalue weighted by Crippen LogP contribution is 2.40. The van der Waals surface area contributed by atoms with Gasteiger partial charge in [0.25, 0.3) is 11.5 Å². The average molecular weight is 534 g/mol. The van der Waals surface area contributed by atoms with Gasteiger partial charge in [-0.25, -0.2) is 4.39 Å². The number of aryl methyl sites for hydroxylation is 3. The lowest BCUT2D eigenvalue weighted by molar-refractivity contribution is 0.0786. The van der Waals surface area contributed by atoms with Crippen LogP contribution in [-0.4, -0.2) is 37.8 Å². The number of H-pyrrole nitrogens is 1. The number of rotatable bonds is 7. The highest BCUT2D eigenvalue weighted by molar-refractivity contribution is 6.02. The van der Waals surface area contributed by atoms with Gasteiger partial charge < -0.3 is 29.8 Å². The van der Waals surface area contributed by atoms with Crippen molar-refractivity contribution in [1.29, 1.82) is 0 Å². The van der Waals surface area contributed by atoms with E-state index in [1.807, 2.05) is 0 Å². The third-order valence-corrected chi connectivity index (χ3v) is 7.22. The number of carbonyl (C=O) groups is 1. The van der Waals surface area contributed by atoms with Crippen molar-refractivity contribution in [3.63, 3.8) is 0 Å². The molecular weight excluding hydrogens is 501 g/mol. The van der Waals surface area contributed by atoms with E-state index >= 15 is 0 Å². The molecule has 0 radical (unpaired) electrons. The van der Waals surface area contributed by atoms with Crippen molar-refractivity contribution in [1.82, 2.24) is 14.9 Å². The fourth-order valence-electron chi connectivity index (χ4n) is 4.71. The van der Waals surface area contributed by atoms with Crippen molar-refractivity contribution in [3.05, 3.63) is 81.2 Å². The molecule has 0 saturated heterocycles. The van der Waals surface area contributed by atoms with Crippen molar-refractivity contribution in [2.45, 2.75) is 51.7 Å². The Morgan fingerprint density at radius 1 is 1.15 bits per heavy atom. The molecule has 4 aromatic rings. The predicted molar refractivity (Wildman–Crippen MR) is 147 cm³/mol. The lowest BCUT2D eigenvalue weighted by Gasteiger charge is -2.22. The largest absolute Gasteiger partial charge is 0.456 e. The van der Waals surface area contributed by atoms with Gasteiger partial charge in [-0.15, -0.1) is 0 Å². The minimum absolute atomic E-state index is 0.133. The van der Waals surface area contributed by atoms with E-state index < -0.39 is 17.1 Å². The van der Waals surface area contributed by atoms with Gasteiger partial charge in [0.05, 0.1) is 22.1 Å². The molecule has 2 heterocycles. The first kappa shape index (κ1) is 26.6. The number of benzene rings is 2. The Balaban J connectivity index is 1.67. The Morgan fingerprint density at radius 2 is 1.82 bits per heavy atom. The number of pyridine rings is 1. The smallest absolute Gasteiger partial charge is 0.267 e.